The van der Waals surface area contributed by atoms with Crippen LogP contribution in [0.15, 0.2) is 0 Å². The van der Waals surface area contributed by atoms with Crippen molar-refractivity contribution in [3.8, 4) is 0 Å². The molecular weight excluding hydrogens is 340 g/mol. The van der Waals surface area contributed by atoms with E-state index in [0.29, 0.717) is 0 Å². The second-order valence-corrected chi connectivity index (χ2v) is 6.56. The molecule has 0 aromatic heterocycles. The predicted molar refractivity (Wildman–Crippen MR) is 85.4 cm³/mol. The summed E-state index contributed by atoms with van der Waals surface area (Å²) in [5.41, 5.74) is -4.46. The second kappa shape index (κ2) is 11.3. The van der Waals surface area contributed by atoms with Gasteiger partial charge in [-0.25, -0.2) is 0 Å². The number of hydrogen-bond donors (Lipinski definition) is 10. The predicted octanol–water partition coefficient (Wildman–Crippen LogP) is -4.19. The molecule has 10 heteroatoms. The molecule has 0 aromatic rings. The molecule has 0 heterocycles. The number of rotatable bonds is 14. The topological polar surface area (TPSA) is 202 Å². The summed E-state index contributed by atoms with van der Waals surface area (Å²) in [5, 5.41) is 96.5. The Morgan fingerprint density at radius 2 is 0.840 bits per heavy atom. The SMILES string of the molecule is OCC(O)CCC(O)(CC(O)CO)C(O)(CC(O)CO)CC(O)CO. The van der Waals surface area contributed by atoms with E-state index < -0.39 is 81.3 Å². The fourth-order valence-corrected chi connectivity index (χ4v) is 2.85. The summed E-state index contributed by atoms with van der Waals surface area (Å²) >= 11 is 0. The van der Waals surface area contributed by atoms with Crippen molar-refractivity contribution in [3.05, 3.63) is 0 Å². The molecular formula is C15H32O10. The van der Waals surface area contributed by atoms with Gasteiger partial charge in [-0.3, -0.25) is 0 Å². The molecule has 25 heavy (non-hydrogen) atoms. The minimum Gasteiger partial charge on any atom is -0.394 e. The molecule has 5 unspecified atom stereocenters. The van der Waals surface area contributed by atoms with Crippen molar-refractivity contribution >= 4 is 0 Å². The first-order valence-corrected chi connectivity index (χ1v) is 8.18. The molecule has 0 aliphatic carbocycles. The van der Waals surface area contributed by atoms with Crippen LogP contribution in [0.3, 0.4) is 0 Å². The highest BCUT2D eigenvalue weighted by Crippen LogP contribution is 2.39. The van der Waals surface area contributed by atoms with Crippen LogP contribution in [0.1, 0.15) is 32.1 Å². The zero-order chi connectivity index (χ0) is 19.7. The standard InChI is InChI=1S/C15H32O10/c16-6-10(20)1-2-14(24,3-11(21)7-17)15(25,4-12(22)8-18)5-13(23)9-19/h10-13,16-25H,1-9H2. The van der Waals surface area contributed by atoms with E-state index in [1.807, 2.05) is 0 Å². The Morgan fingerprint density at radius 3 is 1.16 bits per heavy atom. The van der Waals surface area contributed by atoms with Crippen LogP contribution < -0.4 is 0 Å². The van der Waals surface area contributed by atoms with E-state index in [4.69, 9.17) is 20.4 Å². The van der Waals surface area contributed by atoms with Crippen molar-refractivity contribution in [3.63, 3.8) is 0 Å². The number of hydrogen-bond acceptors (Lipinski definition) is 10. The highest BCUT2D eigenvalue weighted by molar-refractivity contribution is 5.03. The fourth-order valence-electron chi connectivity index (χ4n) is 2.85. The Balaban J connectivity index is 5.67. The van der Waals surface area contributed by atoms with Gasteiger partial charge in [0.05, 0.1) is 62.0 Å². The van der Waals surface area contributed by atoms with Gasteiger partial charge >= 0.3 is 0 Å². The normalized spacial score (nSPS) is 21.8. The van der Waals surface area contributed by atoms with E-state index >= 15 is 0 Å². The molecule has 0 saturated heterocycles. The molecule has 0 aromatic carbocycles. The van der Waals surface area contributed by atoms with Gasteiger partial charge in [-0.15, -0.1) is 0 Å². The zero-order valence-electron chi connectivity index (χ0n) is 14.1. The van der Waals surface area contributed by atoms with Gasteiger partial charge in [0.1, 0.15) is 0 Å². The molecule has 0 spiro atoms. The number of aliphatic hydroxyl groups excluding tert-OH is 8. The molecule has 0 aliphatic heterocycles. The molecule has 5 atom stereocenters. The summed E-state index contributed by atoms with van der Waals surface area (Å²) in [6.45, 7) is -2.81. The van der Waals surface area contributed by atoms with Crippen LogP contribution in [-0.4, -0.2) is 113 Å². The fraction of sp³-hybridized carbons (Fsp3) is 1.00. The van der Waals surface area contributed by atoms with Crippen LogP contribution in [0.2, 0.25) is 0 Å². The van der Waals surface area contributed by atoms with E-state index in [9.17, 15) is 30.6 Å². The summed E-state index contributed by atoms with van der Waals surface area (Å²) in [5.74, 6) is 0. The minimum absolute atomic E-state index is 0.183. The van der Waals surface area contributed by atoms with Gasteiger partial charge in [-0.05, 0) is 12.8 Å². The molecule has 0 bridgehead atoms. The van der Waals surface area contributed by atoms with Crippen LogP contribution in [0.25, 0.3) is 0 Å². The third-order valence-electron chi connectivity index (χ3n) is 4.32. The van der Waals surface area contributed by atoms with Crippen LogP contribution >= 0.6 is 0 Å². The van der Waals surface area contributed by atoms with Crippen molar-refractivity contribution < 1.29 is 51.1 Å². The van der Waals surface area contributed by atoms with Crippen molar-refractivity contribution in [2.75, 3.05) is 26.4 Å². The number of aliphatic hydroxyl groups is 10. The van der Waals surface area contributed by atoms with Crippen molar-refractivity contribution in [2.45, 2.75) is 67.7 Å². The molecule has 0 radical (unpaired) electrons. The highest BCUT2D eigenvalue weighted by atomic mass is 16.4. The molecule has 0 fully saturated rings. The molecule has 0 rings (SSSR count). The van der Waals surface area contributed by atoms with Crippen LogP contribution in [-0.2, 0) is 0 Å². The maximum atomic E-state index is 11.0. The van der Waals surface area contributed by atoms with E-state index in [1.165, 1.54) is 0 Å². The quantitative estimate of drug-likeness (QED) is 0.142. The summed E-state index contributed by atoms with van der Waals surface area (Å²) in [6, 6.07) is 0. The monoisotopic (exact) mass is 372 g/mol. The van der Waals surface area contributed by atoms with Gasteiger partial charge in [0.15, 0.2) is 0 Å². The average molecular weight is 372 g/mol. The summed E-state index contributed by atoms with van der Waals surface area (Å²) < 4.78 is 0. The smallest absolute Gasteiger partial charge is 0.0985 e. The molecule has 0 amide bonds. The van der Waals surface area contributed by atoms with Crippen molar-refractivity contribution in [2.24, 2.45) is 0 Å². The average Bonchev–Trinajstić information content (AvgIpc) is 2.58. The molecule has 152 valence electrons. The van der Waals surface area contributed by atoms with E-state index in [0.717, 1.165) is 0 Å². The minimum atomic E-state index is -2.26. The lowest BCUT2D eigenvalue weighted by Crippen LogP contribution is -2.59. The molecule has 10 N–H and O–H groups in total. The Labute approximate surface area is 146 Å². The van der Waals surface area contributed by atoms with Crippen LogP contribution in [0.5, 0.6) is 0 Å². The van der Waals surface area contributed by atoms with E-state index in [1.54, 1.807) is 0 Å². The summed E-state index contributed by atoms with van der Waals surface area (Å²) in [6.07, 6.45) is -7.86. The third-order valence-corrected chi connectivity index (χ3v) is 4.32. The van der Waals surface area contributed by atoms with Gasteiger partial charge in [0.2, 0.25) is 0 Å². The maximum Gasteiger partial charge on any atom is 0.0985 e. The third kappa shape index (κ3) is 7.79. The van der Waals surface area contributed by atoms with Gasteiger partial charge in [-0.1, -0.05) is 0 Å². The Bertz CT molecular complexity index is 343. The lowest BCUT2D eigenvalue weighted by Gasteiger charge is -2.46. The lowest BCUT2D eigenvalue weighted by molar-refractivity contribution is -0.205. The lowest BCUT2D eigenvalue weighted by atomic mass is 9.70. The first-order valence-electron chi connectivity index (χ1n) is 8.18. The maximum absolute atomic E-state index is 11.0. The zero-order valence-corrected chi connectivity index (χ0v) is 14.1. The summed E-state index contributed by atoms with van der Waals surface area (Å²) in [7, 11) is 0. The molecule has 0 aliphatic rings. The first-order chi connectivity index (χ1) is 11.6. The van der Waals surface area contributed by atoms with Gasteiger partial charge in [0, 0.05) is 19.3 Å². The second-order valence-electron chi connectivity index (χ2n) is 6.56. The van der Waals surface area contributed by atoms with Crippen molar-refractivity contribution in [1.29, 1.82) is 0 Å². The largest absolute Gasteiger partial charge is 0.394 e. The molecule has 0 saturated carbocycles. The molecule has 10 nitrogen and oxygen atoms in total. The first kappa shape index (κ1) is 24.6. The van der Waals surface area contributed by atoms with Crippen molar-refractivity contribution in [1.82, 2.24) is 0 Å². The summed E-state index contributed by atoms with van der Waals surface area (Å²) in [4.78, 5) is 0. The van der Waals surface area contributed by atoms with E-state index in [2.05, 4.69) is 0 Å². The highest BCUT2D eigenvalue weighted by Gasteiger charge is 2.51. The van der Waals surface area contributed by atoms with Crippen LogP contribution in [0, 0.1) is 0 Å². The van der Waals surface area contributed by atoms with E-state index in [-0.39, 0.29) is 12.8 Å². The Hall–Kier alpha value is -0.400. The van der Waals surface area contributed by atoms with Gasteiger partial charge in [0.25, 0.3) is 0 Å². The van der Waals surface area contributed by atoms with Crippen LogP contribution in [0.4, 0.5) is 0 Å². The van der Waals surface area contributed by atoms with Gasteiger partial charge < -0.3 is 51.1 Å². The Kier molecular flexibility index (Phi) is 11.2. The van der Waals surface area contributed by atoms with Gasteiger partial charge in [-0.2, -0.15) is 0 Å². The Morgan fingerprint density at radius 1 is 0.520 bits per heavy atom.